The van der Waals surface area contributed by atoms with Gasteiger partial charge in [0.1, 0.15) is 25.6 Å². The Bertz CT molecular complexity index is 903. The van der Waals surface area contributed by atoms with Crippen LogP contribution in [0, 0.1) is 0 Å². The van der Waals surface area contributed by atoms with Crippen molar-refractivity contribution in [1.82, 2.24) is 0 Å². The molecule has 1 rings (SSSR count). The van der Waals surface area contributed by atoms with Crippen LogP contribution in [0.25, 0.3) is 6.08 Å². The highest BCUT2D eigenvalue weighted by Crippen LogP contribution is 2.12. The normalized spacial score (nSPS) is 12.5. The summed E-state index contributed by atoms with van der Waals surface area (Å²) in [6, 6.07) is 7.42. The van der Waals surface area contributed by atoms with E-state index in [-0.39, 0.29) is 31.0 Å². The van der Waals surface area contributed by atoms with E-state index in [0.29, 0.717) is 5.57 Å². The van der Waals surface area contributed by atoms with E-state index in [9.17, 15) is 14.4 Å². The van der Waals surface area contributed by atoms with E-state index in [1.807, 2.05) is 30.3 Å². The van der Waals surface area contributed by atoms with Crippen molar-refractivity contribution in [2.75, 3.05) is 26.9 Å². The predicted molar refractivity (Wildman–Crippen MR) is 122 cm³/mol. The Balaban J connectivity index is 2.50. The summed E-state index contributed by atoms with van der Waals surface area (Å²) in [5.74, 6) is -1.02. The second kappa shape index (κ2) is 14.4. The van der Waals surface area contributed by atoms with Crippen LogP contribution < -0.4 is 4.74 Å². The number of hydrogen-bond acceptors (Lipinski definition) is 7. The molecule has 0 atom stereocenters. The van der Waals surface area contributed by atoms with Gasteiger partial charge in [-0.1, -0.05) is 36.4 Å². The first-order valence-corrected chi connectivity index (χ1v) is 10.1. The lowest BCUT2D eigenvalue weighted by Gasteiger charge is -2.11. The van der Waals surface area contributed by atoms with Gasteiger partial charge >= 0.3 is 17.9 Å². The van der Waals surface area contributed by atoms with Crippen LogP contribution in [0.3, 0.4) is 0 Å². The van der Waals surface area contributed by atoms with Crippen LogP contribution in [-0.4, -0.2) is 44.8 Å². The fraction of sp³-hybridized carbons (Fsp3) is 0.320. The molecule has 0 N–H and O–H groups in total. The molecule has 0 spiro atoms. The summed E-state index contributed by atoms with van der Waals surface area (Å²) < 4.78 is 20.5. The van der Waals surface area contributed by atoms with Crippen LogP contribution in [-0.2, 0) is 28.6 Å². The number of carbonyl (C=O) groups is 3. The van der Waals surface area contributed by atoms with Gasteiger partial charge in [0.25, 0.3) is 0 Å². The van der Waals surface area contributed by atoms with Crippen LogP contribution in [0.15, 0.2) is 65.3 Å². The van der Waals surface area contributed by atoms with E-state index in [0.717, 1.165) is 11.3 Å². The highest BCUT2D eigenvalue weighted by atomic mass is 16.6. The third-order valence-corrected chi connectivity index (χ3v) is 4.43. The molecule has 7 nitrogen and oxygen atoms in total. The highest BCUT2D eigenvalue weighted by Gasteiger charge is 2.17. The van der Waals surface area contributed by atoms with Crippen LogP contribution >= 0.6 is 0 Å². The average Bonchev–Trinajstić information content (AvgIpc) is 2.82. The summed E-state index contributed by atoms with van der Waals surface area (Å²) in [5, 5.41) is 0. The summed E-state index contributed by atoms with van der Waals surface area (Å²) in [6.45, 7) is 6.21. The molecule has 0 aliphatic carbocycles. The second-order valence-corrected chi connectivity index (χ2v) is 6.53. The molecule has 0 radical (unpaired) electrons. The molecule has 0 aromatic heterocycles. The van der Waals surface area contributed by atoms with Gasteiger partial charge in [-0.15, -0.1) is 0 Å². The summed E-state index contributed by atoms with van der Waals surface area (Å²) >= 11 is 0. The molecule has 32 heavy (non-hydrogen) atoms. The Hall–Kier alpha value is -3.61. The van der Waals surface area contributed by atoms with Crippen molar-refractivity contribution in [3.63, 3.8) is 0 Å². The highest BCUT2D eigenvalue weighted by molar-refractivity contribution is 5.92. The first-order chi connectivity index (χ1) is 15.4. The molecule has 0 saturated heterocycles. The lowest BCUT2D eigenvalue weighted by atomic mass is 10.2. The number of esters is 3. The standard InChI is InChI=1S/C25H30O7/c1-6-18(4)23(26)31-16-21(8-3)25(28)32-17-20(7-2)24(27)30-15-9-10-19-11-13-22(29-5)14-12-19/h6-14H,15-17H2,1-5H3. The lowest BCUT2D eigenvalue weighted by Crippen LogP contribution is -2.19. The maximum Gasteiger partial charge on any atom is 0.337 e. The Kier molecular flexibility index (Phi) is 11.9. The number of benzene rings is 1. The second-order valence-electron chi connectivity index (χ2n) is 6.53. The van der Waals surface area contributed by atoms with E-state index in [4.69, 9.17) is 18.9 Å². The molecule has 7 heteroatoms. The minimum atomic E-state index is -0.676. The number of ether oxygens (including phenoxy) is 4. The average molecular weight is 443 g/mol. The largest absolute Gasteiger partial charge is 0.497 e. The predicted octanol–water partition coefficient (Wildman–Crippen LogP) is 4.20. The summed E-state index contributed by atoms with van der Waals surface area (Å²) in [6.07, 6.45) is 8.16. The van der Waals surface area contributed by atoms with Crippen molar-refractivity contribution in [2.45, 2.75) is 27.7 Å². The lowest BCUT2D eigenvalue weighted by molar-refractivity contribution is -0.142. The van der Waals surface area contributed by atoms with Crippen molar-refractivity contribution >= 4 is 24.0 Å². The Labute approximate surface area is 189 Å². The molecule has 0 saturated carbocycles. The monoisotopic (exact) mass is 442 g/mol. The number of allylic oxidation sites excluding steroid dienone is 3. The Morgan fingerprint density at radius 2 is 1.31 bits per heavy atom. The summed E-state index contributed by atoms with van der Waals surface area (Å²) in [5.41, 5.74) is 1.75. The van der Waals surface area contributed by atoms with Crippen LogP contribution in [0.4, 0.5) is 0 Å². The molecule has 1 aromatic carbocycles. The molecular weight excluding hydrogens is 412 g/mol. The molecule has 0 amide bonds. The van der Waals surface area contributed by atoms with Crippen LogP contribution in [0.5, 0.6) is 5.75 Å². The van der Waals surface area contributed by atoms with Gasteiger partial charge in [-0.3, -0.25) is 0 Å². The number of hydrogen-bond donors (Lipinski definition) is 0. The summed E-state index contributed by atoms with van der Waals surface area (Å²) in [7, 11) is 1.60. The number of carbonyl (C=O) groups excluding carboxylic acids is 3. The van der Waals surface area contributed by atoms with Crippen molar-refractivity contribution in [3.05, 3.63) is 70.9 Å². The van der Waals surface area contributed by atoms with E-state index >= 15 is 0 Å². The topological polar surface area (TPSA) is 88.1 Å². The SMILES string of the molecule is CC=C(C)C(=O)OCC(=CC)C(=O)OCC(=CC)C(=O)OCC=Cc1ccc(OC)cc1. The fourth-order valence-electron chi connectivity index (χ4n) is 2.25. The van der Waals surface area contributed by atoms with E-state index in [1.54, 1.807) is 47.0 Å². The zero-order valence-corrected chi connectivity index (χ0v) is 19.2. The van der Waals surface area contributed by atoms with E-state index in [2.05, 4.69) is 0 Å². The third kappa shape index (κ3) is 9.04. The summed E-state index contributed by atoms with van der Waals surface area (Å²) in [4.78, 5) is 36.2. The van der Waals surface area contributed by atoms with Crippen molar-refractivity contribution in [3.8, 4) is 5.75 Å². The minimum Gasteiger partial charge on any atom is -0.497 e. The minimum absolute atomic E-state index is 0.0660. The van der Waals surface area contributed by atoms with Gasteiger partial charge in [-0.05, 0) is 51.5 Å². The maximum atomic E-state index is 12.2. The Morgan fingerprint density at radius 1 is 0.781 bits per heavy atom. The van der Waals surface area contributed by atoms with Gasteiger partial charge in [0, 0.05) is 5.57 Å². The van der Waals surface area contributed by atoms with Gasteiger partial charge in [0.2, 0.25) is 0 Å². The van der Waals surface area contributed by atoms with Gasteiger partial charge in [-0.25, -0.2) is 14.4 Å². The molecule has 0 heterocycles. The number of methoxy groups -OCH3 is 1. The molecule has 0 bridgehead atoms. The maximum absolute atomic E-state index is 12.2. The van der Waals surface area contributed by atoms with E-state index in [1.165, 1.54) is 12.2 Å². The zero-order chi connectivity index (χ0) is 23.9. The Morgan fingerprint density at radius 3 is 1.81 bits per heavy atom. The quantitative estimate of drug-likeness (QED) is 0.288. The number of rotatable bonds is 11. The third-order valence-electron chi connectivity index (χ3n) is 4.43. The molecular formula is C25H30O7. The van der Waals surface area contributed by atoms with Gasteiger partial charge in [-0.2, -0.15) is 0 Å². The molecule has 0 unspecified atom stereocenters. The molecule has 1 aromatic rings. The molecule has 0 fully saturated rings. The smallest absolute Gasteiger partial charge is 0.337 e. The fourth-order valence-corrected chi connectivity index (χ4v) is 2.25. The van der Waals surface area contributed by atoms with Gasteiger partial charge < -0.3 is 18.9 Å². The van der Waals surface area contributed by atoms with Crippen molar-refractivity contribution < 1.29 is 33.3 Å². The van der Waals surface area contributed by atoms with Gasteiger partial charge in [0.15, 0.2) is 0 Å². The van der Waals surface area contributed by atoms with E-state index < -0.39 is 17.9 Å². The molecule has 0 aliphatic heterocycles. The molecule has 0 aliphatic rings. The van der Waals surface area contributed by atoms with Crippen LogP contribution in [0.1, 0.15) is 33.3 Å². The van der Waals surface area contributed by atoms with Crippen molar-refractivity contribution in [1.29, 1.82) is 0 Å². The first kappa shape index (κ1) is 26.4. The van der Waals surface area contributed by atoms with Gasteiger partial charge in [0.05, 0.1) is 18.3 Å². The van der Waals surface area contributed by atoms with Crippen molar-refractivity contribution in [2.24, 2.45) is 0 Å². The first-order valence-electron chi connectivity index (χ1n) is 10.1. The zero-order valence-electron chi connectivity index (χ0n) is 19.2. The molecule has 172 valence electrons. The van der Waals surface area contributed by atoms with Crippen LogP contribution in [0.2, 0.25) is 0 Å².